The van der Waals surface area contributed by atoms with Gasteiger partial charge < -0.3 is 14.2 Å². The van der Waals surface area contributed by atoms with Crippen molar-refractivity contribution >= 4 is 36.7 Å². The molecule has 0 aliphatic carbocycles. The Morgan fingerprint density at radius 1 is 0.581 bits per heavy atom. The Balaban J connectivity index is 2.34. The molecule has 0 saturated heterocycles. The third kappa shape index (κ3) is 5.26. The molecule has 0 aliphatic rings. The molecule has 3 aromatic carbocycles. The maximum Gasteiger partial charge on any atom is 0.118 e. The summed E-state index contributed by atoms with van der Waals surface area (Å²) in [6, 6.07) is 26.9. The van der Waals surface area contributed by atoms with E-state index in [1.165, 1.54) is 15.9 Å². The molecule has 3 aromatic rings. The fraction of sp³-hybridized carbons (Fsp3) is 0.269. The monoisotopic (exact) mass is 452 g/mol. The molecule has 0 N–H and O–H groups in total. The van der Waals surface area contributed by atoms with Crippen molar-refractivity contribution in [2.75, 3.05) is 21.3 Å². The second kappa shape index (κ2) is 9.80. The van der Waals surface area contributed by atoms with Crippen molar-refractivity contribution in [3.8, 4) is 17.2 Å². The molecule has 5 heteroatoms. The van der Waals surface area contributed by atoms with Gasteiger partial charge in [-0.25, -0.2) is 0 Å². The number of hydrogen-bond acceptors (Lipinski definition) is 3. The molecule has 0 bridgehead atoms. The van der Waals surface area contributed by atoms with Crippen LogP contribution in [0.3, 0.4) is 0 Å². The van der Waals surface area contributed by atoms with Crippen molar-refractivity contribution in [1.82, 2.24) is 0 Å². The van der Waals surface area contributed by atoms with Gasteiger partial charge >= 0.3 is 0 Å². The van der Waals surface area contributed by atoms with E-state index in [-0.39, 0.29) is 0 Å². The largest absolute Gasteiger partial charge is 0.497 e. The van der Waals surface area contributed by atoms with Crippen LogP contribution in [-0.4, -0.2) is 35.2 Å². The number of hydrogen-bond donors (Lipinski definition) is 0. The number of rotatable bonds is 8. The van der Waals surface area contributed by atoms with Crippen LogP contribution in [0.2, 0.25) is 25.7 Å². The van der Waals surface area contributed by atoms with E-state index >= 15 is 0 Å². The van der Waals surface area contributed by atoms with E-state index in [1.54, 1.807) is 21.3 Å². The van der Waals surface area contributed by atoms with Gasteiger partial charge in [0.15, 0.2) is 0 Å². The van der Waals surface area contributed by atoms with Gasteiger partial charge in [0.25, 0.3) is 0 Å². The summed E-state index contributed by atoms with van der Waals surface area (Å²) < 4.78 is 16.3. The molecule has 3 nitrogen and oxygen atoms in total. The van der Waals surface area contributed by atoms with Gasteiger partial charge in [0.1, 0.15) is 17.2 Å². The smallest absolute Gasteiger partial charge is 0.118 e. The molecule has 31 heavy (non-hydrogen) atoms. The average Bonchev–Trinajstić information content (AvgIpc) is 2.80. The molecule has 0 atom stereocenters. The average molecular weight is 453 g/mol. The maximum absolute atomic E-state index is 5.44. The van der Waals surface area contributed by atoms with Crippen molar-refractivity contribution in [3.63, 3.8) is 0 Å². The second-order valence-electron chi connectivity index (χ2n) is 8.76. The van der Waals surface area contributed by atoms with Crippen LogP contribution >= 0.6 is 6.89 Å². The van der Waals surface area contributed by atoms with Crippen LogP contribution in [0.25, 0.3) is 0 Å². The van der Waals surface area contributed by atoms with E-state index in [4.69, 9.17) is 14.2 Å². The van der Waals surface area contributed by atoms with Crippen LogP contribution in [-0.2, 0) is 0 Å². The summed E-state index contributed by atoms with van der Waals surface area (Å²) in [7, 11) is 3.81. The highest BCUT2D eigenvalue weighted by Crippen LogP contribution is 2.45. The van der Waals surface area contributed by atoms with E-state index < -0.39 is 15.0 Å². The first-order valence-electron chi connectivity index (χ1n) is 10.5. The van der Waals surface area contributed by atoms with Crippen molar-refractivity contribution in [2.45, 2.75) is 25.7 Å². The van der Waals surface area contributed by atoms with Crippen molar-refractivity contribution < 1.29 is 14.2 Å². The molecule has 0 aromatic heterocycles. The molecular formula is C26H33O3PSi. The van der Waals surface area contributed by atoms with Gasteiger partial charge in [-0.1, -0.05) is 61.8 Å². The third-order valence-electron chi connectivity index (χ3n) is 5.42. The van der Waals surface area contributed by atoms with Crippen LogP contribution < -0.4 is 30.1 Å². The Labute approximate surface area is 188 Å². The predicted octanol–water partition coefficient (Wildman–Crippen LogP) is 5.15. The molecule has 0 aliphatic heterocycles. The summed E-state index contributed by atoms with van der Waals surface area (Å²) in [6.07, 6.45) is 0. The van der Waals surface area contributed by atoms with Crippen molar-refractivity contribution in [3.05, 3.63) is 72.8 Å². The lowest BCUT2D eigenvalue weighted by atomic mass is 10.3. The van der Waals surface area contributed by atoms with E-state index in [9.17, 15) is 0 Å². The van der Waals surface area contributed by atoms with Gasteiger partial charge in [0, 0.05) is 8.07 Å². The molecule has 0 heterocycles. The van der Waals surface area contributed by atoms with Gasteiger partial charge in [0.2, 0.25) is 0 Å². The zero-order valence-corrected chi connectivity index (χ0v) is 21.3. The van der Waals surface area contributed by atoms with Crippen LogP contribution in [0.4, 0.5) is 0 Å². The molecule has 0 spiro atoms. The Morgan fingerprint density at radius 2 is 0.871 bits per heavy atom. The van der Waals surface area contributed by atoms with E-state index in [0.717, 1.165) is 23.3 Å². The van der Waals surface area contributed by atoms with Crippen molar-refractivity contribution in [1.29, 1.82) is 0 Å². The molecule has 0 fully saturated rings. The molecule has 0 radical (unpaired) electrons. The van der Waals surface area contributed by atoms with Gasteiger partial charge in [-0.2, -0.15) is 0 Å². The van der Waals surface area contributed by atoms with E-state index in [0.29, 0.717) is 0 Å². The number of benzene rings is 3. The Hall–Kier alpha value is -2.42. The second-order valence-corrected chi connectivity index (χ2v) is 17.7. The first kappa shape index (κ1) is 23.2. The zero-order chi connectivity index (χ0) is 22.5. The van der Waals surface area contributed by atoms with Gasteiger partial charge in [-0.15, -0.1) is 0 Å². The first-order valence-corrected chi connectivity index (χ1v) is 16.1. The topological polar surface area (TPSA) is 27.7 Å². The Bertz CT molecular complexity index is 912. The summed E-state index contributed by atoms with van der Waals surface area (Å²) >= 11 is 0. The minimum absolute atomic E-state index is 0.872. The van der Waals surface area contributed by atoms with Gasteiger partial charge in [-0.3, -0.25) is 0 Å². The summed E-state index contributed by atoms with van der Waals surface area (Å²) in [6.45, 7) is 5.28. The fourth-order valence-electron chi connectivity index (χ4n) is 3.63. The van der Waals surface area contributed by atoms with Crippen molar-refractivity contribution in [2.24, 2.45) is 0 Å². The minimum atomic E-state index is -2.00. The van der Waals surface area contributed by atoms with Crippen LogP contribution in [0.5, 0.6) is 17.2 Å². The summed E-state index contributed by atoms with van der Waals surface area (Å²) in [5.74, 6) is 5.23. The molecule has 0 saturated carbocycles. The van der Waals surface area contributed by atoms with E-state index in [1.807, 2.05) is 0 Å². The third-order valence-corrected chi connectivity index (χ3v) is 11.3. The number of methoxy groups -OCH3 is 3. The lowest BCUT2D eigenvalue weighted by Crippen LogP contribution is -2.29. The quantitative estimate of drug-likeness (QED) is 0.350. The van der Waals surface area contributed by atoms with E-state index in [2.05, 4.69) is 98.2 Å². The minimum Gasteiger partial charge on any atom is -0.497 e. The fourth-order valence-corrected chi connectivity index (χ4v) is 10.3. The highest BCUT2D eigenvalue weighted by molar-refractivity contribution is 7.94. The highest BCUT2D eigenvalue weighted by atomic mass is 31.2. The van der Waals surface area contributed by atoms with Crippen LogP contribution in [0, 0.1) is 0 Å². The normalized spacial score (nSPS) is 11.7. The summed E-state index contributed by atoms with van der Waals surface area (Å²) in [5.41, 5.74) is 0. The first-order chi connectivity index (χ1) is 14.8. The molecular weight excluding hydrogens is 419 g/mol. The molecule has 0 amide bonds. The standard InChI is InChI=1S/C26H33O3PSi/c1-27-21-7-13-24(14-8-21)30(19-20-31(4,5)6,25-15-9-22(28-2)10-16-25)26-17-11-23(29-3)12-18-26/h7-19H,20H2,1-6H3. The SMILES string of the molecule is COc1ccc(P(=CC[Si](C)(C)C)(c2ccc(OC)cc2)c2ccc(OC)cc2)cc1. The lowest BCUT2D eigenvalue weighted by Gasteiger charge is -2.30. The molecule has 0 unspecified atom stereocenters. The van der Waals surface area contributed by atoms with Gasteiger partial charge in [-0.05, 0) is 65.2 Å². The Kier molecular flexibility index (Phi) is 7.35. The molecule has 3 rings (SSSR count). The lowest BCUT2D eigenvalue weighted by molar-refractivity contribution is 0.415. The maximum atomic E-state index is 5.44. The van der Waals surface area contributed by atoms with Gasteiger partial charge in [0.05, 0.1) is 21.3 Å². The summed E-state index contributed by atoms with van der Waals surface area (Å²) in [4.78, 5) is 0. The predicted molar refractivity (Wildman–Crippen MR) is 139 cm³/mol. The summed E-state index contributed by atoms with van der Waals surface area (Å²) in [5, 5.41) is 3.96. The number of ether oxygens (including phenoxy) is 3. The zero-order valence-electron chi connectivity index (χ0n) is 19.4. The van der Waals surface area contributed by atoms with Crippen LogP contribution in [0.15, 0.2) is 72.8 Å². The van der Waals surface area contributed by atoms with Crippen LogP contribution in [0.1, 0.15) is 0 Å². The highest BCUT2D eigenvalue weighted by Gasteiger charge is 2.27. The molecule has 164 valence electrons. The Morgan fingerprint density at radius 3 is 1.10 bits per heavy atom.